The van der Waals surface area contributed by atoms with Gasteiger partial charge in [0.2, 0.25) is 5.89 Å². The number of aromatic nitrogens is 4. The summed E-state index contributed by atoms with van der Waals surface area (Å²) in [7, 11) is 0. The van der Waals surface area contributed by atoms with Crippen LogP contribution in [0.15, 0.2) is 16.9 Å². The van der Waals surface area contributed by atoms with Crippen LogP contribution in [-0.4, -0.2) is 57.8 Å². The Hall–Kier alpha value is -2.06. The van der Waals surface area contributed by atoms with Crippen LogP contribution in [0.5, 0.6) is 0 Å². The molecule has 0 radical (unpaired) electrons. The molecule has 8 nitrogen and oxygen atoms in total. The first-order chi connectivity index (χ1) is 12.2. The van der Waals surface area contributed by atoms with Gasteiger partial charge in [0.25, 0.3) is 0 Å². The van der Waals surface area contributed by atoms with Crippen LogP contribution in [0.25, 0.3) is 0 Å². The number of piperazine rings is 1. The van der Waals surface area contributed by atoms with Crippen LogP contribution < -0.4 is 4.90 Å². The Kier molecular flexibility index (Phi) is 5.93. The summed E-state index contributed by atoms with van der Waals surface area (Å²) >= 11 is 0. The van der Waals surface area contributed by atoms with Gasteiger partial charge < -0.3 is 14.2 Å². The van der Waals surface area contributed by atoms with E-state index in [0.29, 0.717) is 24.9 Å². The zero-order chi connectivity index (χ0) is 17.6. The van der Waals surface area contributed by atoms with Gasteiger partial charge in [-0.25, -0.2) is 9.97 Å². The maximum atomic E-state index is 5.50. The molecule has 0 saturated carbocycles. The Morgan fingerprint density at radius 1 is 1.20 bits per heavy atom. The highest BCUT2D eigenvalue weighted by Gasteiger charge is 2.21. The Balaban J connectivity index is 1.52. The molecule has 0 N–H and O–H groups in total. The van der Waals surface area contributed by atoms with Gasteiger partial charge in [-0.1, -0.05) is 12.1 Å². The monoisotopic (exact) mass is 346 g/mol. The molecule has 1 aliphatic heterocycles. The third kappa shape index (κ3) is 4.52. The topological polar surface area (TPSA) is 80.4 Å². The molecule has 3 rings (SSSR count). The van der Waals surface area contributed by atoms with Crippen molar-refractivity contribution < 1.29 is 9.26 Å². The first-order valence-corrected chi connectivity index (χ1v) is 8.91. The van der Waals surface area contributed by atoms with Crippen molar-refractivity contribution in [1.82, 2.24) is 25.0 Å². The van der Waals surface area contributed by atoms with E-state index >= 15 is 0 Å². The molecular formula is C17H26N6O2. The average molecular weight is 346 g/mol. The van der Waals surface area contributed by atoms with E-state index in [1.165, 1.54) is 0 Å². The second kappa shape index (κ2) is 8.35. The zero-order valence-electron chi connectivity index (χ0n) is 15.2. The summed E-state index contributed by atoms with van der Waals surface area (Å²) in [5.41, 5.74) is 1.08. The molecule has 8 heteroatoms. The van der Waals surface area contributed by atoms with Crippen LogP contribution in [0.3, 0.4) is 0 Å². The number of ether oxygens (including phenoxy) is 1. The van der Waals surface area contributed by atoms with E-state index in [1.807, 2.05) is 13.8 Å². The molecule has 1 saturated heterocycles. The fourth-order valence-electron chi connectivity index (χ4n) is 2.90. The fraction of sp³-hybridized carbons (Fsp3) is 0.647. The van der Waals surface area contributed by atoms with Gasteiger partial charge in [-0.05, 0) is 20.3 Å². The molecular weight excluding hydrogens is 320 g/mol. The number of hydrogen-bond acceptors (Lipinski definition) is 8. The summed E-state index contributed by atoms with van der Waals surface area (Å²) in [6.07, 6.45) is 2.44. The van der Waals surface area contributed by atoms with Gasteiger partial charge in [0.1, 0.15) is 18.2 Å². The lowest BCUT2D eigenvalue weighted by atomic mass is 10.2. The van der Waals surface area contributed by atoms with Crippen LogP contribution in [0, 0.1) is 0 Å². The first kappa shape index (κ1) is 17.8. The van der Waals surface area contributed by atoms with E-state index in [-0.39, 0.29) is 6.10 Å². The van der Waals surface area contributed by atoms with Crippen molar-refractivity contribution in [3.05, 3.63) is 29.8 Å². The predicted octanol–water partition coefficient (Wildman–Crippen LogP) is 1.84. The van der Waals surface area contributed by atoms with Gasteiger partial charge in [0.15, 0.2) is 5.82 Å². The highest BCUT2D eigenvalue weighted by Crippen LogP contribution is 2.17. The molecule has 0 bridgehead atoms. The van der Waals surface area contributed by atoms with Crippen molar-refractivity contribution in [2.24, 2.45) is 0 Å². The lowest BCUT2D eigenvalue weighted by molar-refractivity contribution is 0.0683. The van der Waals surface area contributed by atoms with Crippen molar-refractivity contribution >= 4 is 5.82 Å². The minimum Gasteiger partial charge on any atom is -0.371 e. The molecule has 2 aromatic rings. The highest BCUT2D eigenvalue weighted by molar-refractivity contribution is 5.39. The number of rotatable bonds is 7. The van der Waals surface area contributed by atoms with Crippen molar-refractivity contribution in [3.8, 4) is 0 Å². The van der Waals surface area contributed by atoms with Crippen molar-refractivity contribution in [3.63, 3.8) is 0 Å². The molecule has 2 aromatic heterocycles. The van der Waals surface area contributed by atoms with Crippen LogP contribution in [0.4, 0.5) is 5.82 Å². The number of hydrogen-bond donors (Lipinski definition) is 0. The molecule has 25 heavy (non-hydrogen) atoms. The van der Waals surface area contributed by atoms with Crippen molar-refractivity contribution in [2.45, 2.75) is 39.8 Å². The molecule has 0 aliphatic carbocycles. The van der Waals surface area contributed by atoms with E-state index < -0.39 is 0 Å². The van der Waals surface area contributed by atoms with Crippen LogP contribution in [0.2, 0.25) is 0 Å². The minimum absolute atomic E-state index is 0.134. The van der Waals surface area contributed by atoms with E-state index in [2.05, 4.69) is 42.9 Å². The molecule has 136 valence electrons. The second-order valence-corrected chi connectivity index (χ2v) is 6.13. The lowest BCUT2D eigenvalue weighted by Gasteiger charge is -2.34. The van der Waals surface area contributed by atoms with Crippen LogP contribution >= 0.6 is 0 Å². The van der Waals surface area contributed by atoms with Gasteiger partial charge >= 0.3 is 0 Å². The maximum Gasteiger partial charge on any atom is 0.240 e. The molecule has 0 unspecified atom stereocenters. The van der Waals surface area contributed by atoms with Gasteiger partial charge in [-0.3, -0.25) is 4.90 Å². The van der Waals surface area contributed by atoms with Crippen LogP contribution in [-0.2, 0) is 17.7 Å². The third-order valence-corrected chi connectivity index (χ3v) is 4.39. The van der Waals surface area contributed by atoms with Gasteiger partial charge in [-0.2, -0.15) is 4.98 Å². The smallest absolute Gasteiger partial charge is 0.240 e. The summed E-state index contributed by atoms with van der Waals surface area (Å²) < 4.78 is 10.9. The second-order valence-electron chi connectivity index (χ2n) is 6.13. The van der Waals surface area contributed by atoms with E-state index in [9.17, 15) is 0 Å². The normalized spacial score (nSPS) is 17.0. The molecule has 1 fully saturated rings. The van der Waals surface area contributed by atoms with Gasteiger partial charge in [0.05, 0.1) is 6.54 Å². The fourth-order valence-corrected chi connectivity index (χ4v) is 2.90. The minimum atomic E-state index is -0.134. The third-order valence-electron chi connectivity index (χ3n) is 4.39. The number of aryl methyl sites for hydroxylation is 1. The Morgan fingerprint density at radius 3 is 2.72 bits per heavy atom. The summed E-state index contributed by atoms with van der Waals surface area (Å²) in [5.74, 6) is 2.27. The summed E-state index contributed by atoms with van der Waals surface area (Å²) in [4.78, 5) is 17.7. The summed E-state index contributed by atoms with van der Waals surface area (Å²) in [6, 6.07) is 2.08. The van der Waals surface area contributed by atoms with E-state index in [0.717, 1.165) is 44.1 Å². The Bertz CT molecular complexity index is 669. The first-order valence-electron chi connectivity index (χ1n) is 8.91. The van der Waals surface area contributed by atoms with Gasteiger partial charge in [-0.15, -0.1) is 0 Å². The standard InChI is InChI=1S/C17H26N6O2/c1-4-14-10-15(19-12-18-14)23-8-6-22(7-9-23)11-16-20-17(21-25-16)13(3)24-5-2/h10,12-13H,4-9,11H2,1-3H3/t13-/m1/s1. The maximum absolute atomic E-state index is 5.50. The van der Waals surface area contributed by atoms with Crippen LogP contribution in [0.1, 0.15) is 44.3 Å². The molecule has 3 heterocycles. The van der Waals surface area contributed by atoms with Gasteiger partial charge in [0, 0.05) is 44.5 Å². The average Bonchev–Trinajstić information content (AvgIpc) is 3.11. The largest absolute Gasteiger partial charge is 0.371 e. The van der Waals surface area contributed by atoms with E-state index in [4.69, 9.17) is 9.26 Å². The lowest BCUT2D eigenvalue weighted by Crippen LogP contribution is -2.46. The molecule has 0 amide bonds. The predicted molar refractivity (Wildman–Crippen MR) is 93.2 cm³/mol. The zero-order valence-corrected chi connectivity index (χ0v) is 15.2. The highest BCUT2D eigenvalue weighted by atomic mass is 16.5. The molecule has 1 atom stereocenters. The van der Waals surface area contributed by atoms with Crippen molar-refractivity contribution in [1.29, 1.82) is 0 Å². The molecule has 0 spiro atoms. The summed E-state index contributed by atoms with van der Waals surface area (Å²) in [6.45, 7) is 11.0. The molecule has 1 aliphatic rings. The molecule has 0 aromatic carbocycles. The SMILES string of the molecule is CCO[C@H](C)c1noc(CN2CCN(c3cc(CC)ncn3)CC2)n1. The van der Waals surface area contributed by atoms with Crippen molar-refractivity contribution in [2.75, 3.05) is 37.7 Å². The quantitative estimate of drug-likeness (QED) is 0.751. The summed E-state index contributed by atoms with van der Waals surface area (Å²) in [5, 5.41) is 4.02. The Labute approximate surface area is 148 Å². The Morgan fingerprint density at radius 2 is 2.00 bits per heavy atom. The number of nitrogens with zero attached hydrogens (tertiary/aromatic N) is 6. The van der Waals surface area contributed by atoms with E-state index in [1.54, 1.807) is 6.33 Å². The number of anilines is 1.